The Kier molecular flexibility index (Phi) is 9.01. The van der Waals surface area contributed by atoms with Gasteiger partial charge >= 0.3 is 0 Å². The van der Waals surface area contributed by atoms with Crippen LogP contribution in [0.5, 0.6) is 5.75 Å². The van der Waals surface area contributed by atoms with Gasteiger partial charge in [0, 0.05) is 48.8 Å². The third-order valence-electron chi connectivity index (χ3n) is 11.8. The minimum atomic E-state index is -2.57. The van der Waals surface area contributed by atoms with Crippen molar-refractivity contribution >= 4 is 48.0 Å². The fourth-order valence-electron chi connectivity index (χ4n) is 8.97. The van der Waals surface area contributed by atoms with Crippen molar-refractivity contribution in [3.63, 3.8) is 0 Å². The van der Waals surface area contributed by atoms with Gasteiger partial charge in [-0.2, -0.15) is 0 Å². The van der Waals surface area contributed by atoms with Gasteiger partial charge in [0.05, 0.1) is 57.5 Å². The second-order valence-electron chi connectivity index (χ2n) is 14.7. The number of likely N-dealkylation sites (tertiary alicyclic amines) is 1. The average molecular weight is 713 g/mol. The molecule has 0 saturated carbocycles. The molecule has 4 aliphatic heterocycles. The average Bonchev–Trinajstić information content (AvgIpc) is 3.78. The van der Waals surface area contributed by atoms with E-state index < -0.39 is 30.6 Å². The van der Waals surface area contributed by atoms with Gasteiger partial charge in [-0.3, -0.25) is 24.5 Å². The predicted molar refractivity (Wildman–Crippen MR) is 194 cm³/mol. The molecule has 3 aromatic carbocycles. The Labute approximate surface area is 298 Å². The number of amides is 3. The van der Waals surface area contributed by atoms with E-state index in [9.17, 15) is 24.8 Å². The van der Waals surface area contributed by atoms with Crippen molar-refractivity contribution in [2.75, 3.05) is 36.6 Å². The second kappa shape index (κ2) is 13.2. The summed E-state index contributed by atoms with van der Waals surface area (Å²) in [6.45, 7) is 7.72. The maximum Gasteiger partial charge on any atom is 0.269 e. The Morgan fingerprint density at radius 3 is 2.41 bits per heavy atom. The third-order valence-corrected chi connectivity index (χ3v) is 16.1. The fourth-order valence-corrected chi connectivity index (χ4v) is 13.0. The van der Waals surface area contributed by atoms with Gasteiger partial charge in [-0.25, -0.2) is 0 Å². The first-order valence-corrected chi connectivity index (χ1v) is 20.7. The standard InChI is InChI=1S/C38H44N4O8Si/c1-24-36(51(3,4)30-14-12-29(49-2)13-15-30)33(21-35(45)39-18-5-6-28(39)23-43)50-38(24)31-20-27(42(47)48)11-16-32(31)41(37(38)46)22-25-7-9-26(10-8-25)40-19-17-34(40)44/h7-16,20,24,28,33,36,43H,5-6,17-19,21-23H2,1-4H3/t24-,28-,33+,36-,38+/m0/s1. The van der Waals surface area contributed by atoms with E-state index in [1.165, 1.54) is 12.1 Å². The number of benzene rings is 3. The molecule has 0 radical (unpaired) electrons. The summed E-state index contributed by atoms with van der Waals surface area (Å²) < 4.78 is 12.5. The van der Waals surface area contributed by atoms with Crippen molar-refractivity contribution < 1.29 is 33.9 Å². The quantitative estimate of drug-likeness (QED) is 0.140. The van der Waals surface area contributed by atoms with Crippen LogP contribution in [-0.2, 0) is 31.3 Å². The highest BCUT2D eigenvalue weighted by molar-refractivity contribution is 6.91. The van der Waals surface area contributed by atoms with Crippen molar-refractivity contribution in [2.45, 2.75) is 75.5 Å². The number of ether oxygens (including phenoxy) is 2. The molecule has 13 heteroatoms. The molecule has 3 saturated heterocycles. The van der Waals surface area contributed by atoms with Gasteiger partial charge in [-0.05, 0) is 54.3 Å². The number of nitrogens with zero attached hydrogens (tertiary/aromatic N) is 4. The lowest BCUT2D eigenvalue weighted by molar-refractivity contribution is -0.385. The summed E-state index contributed by atoms with van der Waals surface area (Å²) >= 11 is 0. The zero-order valence-corrected chi connectivity index (χ0v) is 30.4. The normalized spacial score (nSPS) is 25.8. The van der Waals surface area contributed by atoms with E-state index in [2.05, 4.69) is 13.1 Å². The largest absolute Gasteiger partial charge is 0.497 e. The summed E-state index contributed by atoms with van der Waals surface area (Å²) in [6.07, 6.45) is 1.41. The first-order valence-electron chi connectivity index (χ1n) is 17.6. The number of anilines is 2. The molecule has 4 aliphatic rings. The molecule has 5 atom stereocenters. The molecular formula is C38H44N4O8Si. The van der Waals surface area contributed by atoms with Crippen LogP contribution in [0.15, 0.2) is 66.7 Å². The van der Waals surface area contributed by atoms with Crippen LogP contribution in [0.1, 0.15) is 43.7 Å². The lowest BCUT2D eigenvalue weighted by Crippen LogP contribution is -2.52. The fraction of sp³-hybridized carbons (Fsp3) is 0.447. The van der Waals surface area contributed by atoms with Crippen LogP contribution in [0.2, 0.25) is 18.6 Å². The van der Waals surface area contributed by atoms with Crippen molar-refractivity contribution in [3.8, 4) is 5.75 Å². The molecule has 0 aromatic heterocycles. The summed E-state index contributed by atoms with van der Waals surface area (Å²) in [4.78, 5) is 57.8. The summed E-state index contributed by atoms with van der Waals surface area (Å²) in [5.41, 5.74) is 0.638. The van der Waals surface area contributed by atoms with Crippen LogP contribution >= 0.6 is 0 Å². The van der Waals surface area contributed by atoms with Gasteiger partial charge in [0.1, 0.15) is 5.75 Å². The maximum absolute atomic E-state index is 15.1. The van der Waals surface area contributed by atoms with E-state index in [0.717, 1.165) is 35.0 Å². The molecule has 0 unspecified atom stereocenters. The topological polar surface area (TPSA) is 143 Å². The predicted octanol–water partition coefficient (Wildman–Crippen LogP) is 4.48. The van der Waals surface area contributed by atoms with Crippen LogP contribution in [0.25, 0.3) is 0 Å². The number of nitro benzene ring substituents is 1. The number of nitro groups is 1. The van der Waals surface area contributed by atoms with Crippen LogP contribution in [0, 0.1) is 16.0 Å². The smallest absolute Gasteiger partial charge is 0.269 e. The Bertz CT molecular complexity index is 1870. The molecule has 3 amide bonds. The first kappa shape index (κ1) is 34.8. The number of hydrogen-bond acceptors (Lipinski definition) is 8. The number of aliphatic hydroxyl groups excluding tert-OH is 1. The summed E-state index contributed by atoms with van der Waals surface area (Å²) in [5, 5.41) is 23.2. The molecule has 0 bridgehead atoms. The van der Waals surface area contributed by atoms with Gasteiger partial charge < -0.3 is 29.3 Å². The second-order valence-corrected chi connectivity index (χ2v) is 19.4. The van der Waals surface area contributed by atoms with Gasteiger partial charge in [0.15, 0.2) is 5.60 Å². The molecule has 51 heavy (non-hydrogen) atoms. The molecular weight excluding hydrogens is 669 g/mol. The summed E-state index contributed by atoms with van der Waals surface area (Å²) in [5.74, 6) is -0.111. The molecule has 1 N–H and O–H groups in total. The highest BCUT2D eigenvalue weighted by Crippen LogP contribution is 2.60. The van der Waals surface area contributed by atoms with E-state index in [1.54, 1.807) is 27.9 Å². The third kappa shape index (κ3) is 5.71. The van der Waals surface area contributed by atoms with Crippen LogP contribution in [0.4, 0.5) is 17.1 Å². The maximum atomic E-state index is 15.1. The lowest BCUT2D eigenvalue weighted by Gasteiger charge is -2.37. The molecule has 268 valence electrons. The number of fused-ring (bicyclic) bond motifs is 2. The minimum Gasteiger partial charge on any atom is -0.497 e. The monoisotopic (exact) mass is 712 g/mol. The Balaban J connectivity index is 1.30. The zero-order valence-electron chi connectivity index (χ0n) is 29.4. The number of aliphatic hydroxyl groups is 1. The Hall–Kier alpha value is -4.59. The number of rotatable bonds is 10. The number of carbonyl (C=O) groups excluding carboxylic acids is 3. The summed E-state index contributed by atoms with van der Waals surface area (Å²) in [7, 11) is -0.960. The zero-order chi connectivity index (χ0) is 36.2. The van der Waals surface area contributed by atoms with E-state index >= 15 is 4.79 Å². The van der Waals surface area contributed by atoms with Gasteiger partial charge in [-0.1, -0.05) is 49.5 Å². The van der Waals surface area contributed by atoms with E-state index in [4.69, 9.17) is 9.47 Å². The summed E-state index contributed by atoms with van der Waals surface area (Å²) in [6, 6.07) is 19.7. The van der Waals surface area contributed by atoms with Crippen molar-refractivity contribution in [2.24, 2.45) is 5.92 Å². The van der Waals surface area contributed by atoms with Crippen molar-refractivity contribution in [3.05, 3.63) is 88.0 Å². The lowest BCUT2D eigenvalue weighted by atomic mass is 9.82. The van der Waals surface area contributed by atoms with E-state index in [0.29, 0.717) is 30.8 Å². The molecule has 1 spiro atoms. The van der Waals surface area contributed by atoms with E-state index in [1.807, 2.05) is 55.5 Å². The number of hydrogen-bond donors (Lipinski definition) is 1. The van der Waals surface area contributed by atoms with Crippen molar-refractivity contribution in [1.82, 2.24) is 4.90 Å². The molecule has 3 aromatic rings. The molecule has 0 aliphatic carbocycles. The van der Waals surface area contributed by atoms with Gasteiger partial charge in [0.25, 0.3) is 11.6 Å². The van der Waals surface area contributed by atoms with Gasteiger partial charge in [0.2, 0.25) is 11.8 Å². The van der Waals surface area contributed by atoms with Crippen LogP contribution in [0.3, 0.4) is 0 Å². The van der Waals surface area contributed by atoms with Crippen LogP contribution in [-0.4, -0.2) is 79.7 Å². The molecule has 7 rings (SSSR count). The minimum absolute atomic E-state index is 0.0219. The number of non-ortho nitro benzene ring substituents is 1. The number of carbonyl (C=O) groups is 3. The Morgan fingerprint density at radius 1 is 1.08 bits per heavy atom. The number of β-lactam (4-membered cyclic amide) rings is 1. The highest BCUT2D eigenvalue weighted by atomic mass is 28.3. The highest BCUT2D eigenvalue weighted by Gasteiger charge is 2.67. The van der Waals surface area contributed by atoms with Crippen LogP contribution < -0.4 is 19.7 Å². The molecule has 3 fully saturated rings. The Morgan fingerprint density at radius 2 is 1.80 bits per heavy atom. The first-order chi connectivity index (χ1) is 24.4. The van der Waals surface area contributed by atoms with E-state index in [-0.39, 0.29) is 54.6 Å². The number of methoxy groups -OCH3 is 1. The van der Waals surface area contributed by atoms with Crippen molar-refractivity contribution in [1.29, 1.82) is 0 Å². The molecule has 4 heterocycles. The SMILES string of the molecule is COc1ccc([Si](C)(C)[C@@H]2[C@@H](CC(=O)N3CCC[C@H]3CO)O[C@]3(C(=O)N(Cc4ccc(N5CCC5=O)cc4)c4ccc([N+](=O)[O-])cc43)[C@H]2C)cc1. The molecule has 12 nitrogen and oxygen atoms in total. The van der Waals surface area contributed by atoms with Gasteiger partial charge in [-0.15, -0.1) is 0 Å².